The van der Waals surface area contributed by atoms with Gasteiger partial charge in [-0.2, -0.15) is 13.2 Å². The Morgan fingerprint density at radius 2 is 2.12 bits per heavy atom. The first kappa shape index (κ1) is 12.2. The van der Waals surface area contributed by atoms with Gasteiger partial charge < -0.3 is 4.74 Å². The molecule has 5 heteroatoms. The topological polar surface area (TPSA) is 12.5 Å². The van der Waals surface area contributed by atoms with E-state index in [4.69, 9.17) is 4.74 Å². The summed E-state index contributed by atoms with van der Waals surface area (Å²) in [5.74, 6) is 0.303. The van der Waals surface area contributed by atoms with Gasteiger partial charge in [-0.1, -0.05) is 0 Å². The predicted molar refractivity (Wildman–Crippen MR) is 54.2 cm³/mol. The molecule has 2 aliphatic rings. The van der Waals surface area contributed by atoms with Crippen LogP contribution in [0.1, 0.15) is 26.7 Å². The van der Waals surface area contributed by atoms with Gasteiger partial charge in [0.05, 0.1) is 5.60 Å². The van der Waals surface area contributed by atoms with E-state index in [1.54, 1.807) is 0 Å². The zero-order chi connectivity index (χ0) is 12.0. The van der Waals surface area contributed by atoms with Crippen molar-refractivity contribution in [1.29, 1.82) is 0 Å². The van der Waals surface area contributed by atoms with Crippen molar-refractivity contribution in [2.24, 2.45) is 5.92 Å². The first-order valence-electron chi connectivity index (χ1n) is 5.77. The molecule has 1 aliphatic heterocycles. The van der Waals surface area contributed by atoms with Crippen LogP contribution in [0.2, 0.25) is 0 Å². The summed E-state index contributed by atoms with van der Waals surface area (Å²) >= 11 is 0. The van der Waals surface area contributed by atoms with Crippen molar-refractivity contribution in [1.82, 2.24) is 4.90 Å². The smallest absolute Gasteiger partial charge is 0.364 e. The Morgan fingerprint density at radius 1 is 1.44 bits per heavy atom. The molecule has 0 spiro atoms. The van der Waals surface area contributed by atoms with Gasteiger partial charge >= 0.3 is 6.18 Å². The number of fused-ring (bicyclic) bond motifs is 1. The normalized spacial score (nSPS) is 35.2. The molecule has 2 atom stereocenters. The quantitative estimate of drug-likeness (QED) is 0.747. The van der Waals surface area contributed by atoms with Crippen LogP contribution in [-0.4, -0.2) is 42.4 Å². The Morgan fingerprint density at radius 3 is 2.56 bits per heavy atom. The second kappa shape index (κ2) is 3.88. The summed E-state index contributed by atoms with van der Waals surface area (Å²) in [7, 11) is 0. The van der Waals surface area contributed by atoms with Crippen molar-refractivity contribution in [2.75, 3.05) is 19.7 Å². The fourth-order valence-corrected chi connectivity index (χ4v) is 2.68. The minimum absolute atomic E-state index is 0.303. The molecule has 0 amide bonds. The maximum atomic E-state index is 12.1. The Kier molecular flexibility index (Phi) is 2.95. The molecular weight excluding hydrogens is 219 g/mol. The van der Waals surface area contributed by atoms with Crippen molar-refractivity contribution in [3.8, 4) is 0 Å². The number of hydrogen-bond acceptors (Lipinski definition) is 2. The van der Waals surface area contributed by atoms with E-state index < -0.39 is 18.4 Å². The number of alkyl halides is 3. The molecule has 0 aromatic rings. The molecule has 1 saturated carbocycles. The van der Waals surface area contributed by atoms with E-state index in [0.717, 1.165) is 19.4 Å². The van der Waals surface area contributed by atoms with Crippen LogP contribution in [0.5, 0.6) is 0 Å². The fourth-order valence-electron chi connectivity index (χ4n) is 2.68. The highest BCUT2D eigenvalue weighted by atomic mass is 19.4. The van der Waals surface area contributed by atoms with E-state index in [-0.39, 0.29) is 0 Å². The predicted octanol–water partition coefficient (Wildman–Crippen LogP) is 2.44. The van der Waals surface area contributed by atoms with Gasteiger partial charge in [-0.25, -0.2) is 0 Å². The van der Waals surface area contributed by atoms with Crippen LogP contribution in [0, 0.1) is 5.92 Å². The van der Waals surface area contributed by atoms with Crippen LogP contribution in [0.3, 0.4) is 0 Å². The monoisotopic (exact) mass is 237 g/mol. The summed E-state index contributed by atoms with van der Waals surface area (Å²) in [6.45, 7) is 4.58. The molecule has 0 aromatic heterocycles. The van der Waals surface area contributed by atoms with Gasteiger partial charge in [-0.15, -0.1) is 0 Å². The maximum absolute atomic E-state index is 12.1. The number of rotatable bonds is 3. The van der Waals surface area contributed by atoms with Gasteiger partial charge in [0, 0.05) is 25.0 Å². The minimum Gasteiger partial charge on any atom is -0.364 e. The van der Waals surface area contributed by atoms with E-state index in [1.165, 1.54) is 0 Å². The van der Waals surface area contributed by atoms with E-state index in [1.807, 2.05) is 0 Å². The van der Waals surface area contributed by atoms with Gasteiger partial charge in [-0.05, 0) is 26.7 Å². The zero-order valence-electron chi connectivity index (χ0n) is 9.68. The van der Waals surface area contributed by atoms with Crippen LogP contribution in [0.4, 0.5) is 13.2 Å². The molecule has 1 heterocycles. The van der Waals surface area contributed by atoms with Crippen LogP contribution in [0.25, 0.3) is 0 Å². The Labute approximate surface area is 93.7 Å². The van der Waals surface area contributed by atoms with Crippen molar-refractivity contribution in [2.45, 2.75) is 44.5 Å². The lowest BCUT2D eigenvalue weighted by atomic mass is 9.72. The van der Waals surface area contributed by atoms with Gasteiger partial charge in [0.25, 0.3) is 0 Å². The third-order valence-corrected chi connectivity index (χ3v) is 3.84. The number of nitrogens with zero attached hydrogens (tertiary/aromatic N) is 1. The molecule has 0 N–H and O–H groups in total. The molecule has 94 valence electrons. The summed E-state index contributed by atoms with van der Waals surface area (Å²) < 4.78 is 41.6. The molecular formula is C11H18F3NO. The van der Waals surface area contributed by atoms with Crippen LogP contribution in [-0.2, 0) is 4.74 Å². The molecule has 0 aromatic carbocycles. The molecule has 16 heavy (non-hydrogen) atoms. The molecule has 0 bridgehead atoms. The van der Waals surface area contributed by atoms with Gasteiger partial charge in [-0.3, -0.25) is 4.90 Å². The molecule has 1 aliphatic carbocycles. The first-order chi connectivity index (χ1) is 7.32. The Bertz CT molecular complexity index is 266. The third kappa shape index (κ3) is 2.20. The molecule has 2 nitrogen and oxygen atoms in total. The summed E-state index contributed by atoms with van der Waals surface area (Å²) in [5.41, 5.74) is -0.500. The van der Waals surface area contributed by atoms with Gasteiger partial charge in [0.15, 0.2) is 0 Å². The number of halogens is 3. The van der Waals surface area contributed by atoms with Crippen LogP contribution in [0.15, 0.2) is 0 Å². The highest BCUT2D eigenvalue weighted by molar-refractivity contribution is 5.07. The van der Waals surface area contributed by atoms with Crippen LogP contribution < -0.4 is 0 Å². The van der Waals surface area contributed by atoms with E-state index in [0.29, 0.717) is 18.5 Å². The van der Waals surface area contributed by atoms with Crippen molar-refractivity contribution < 1.29 is 17.9 Å². The van der Waals surface area contributed by atoms with E-state index in [2.05, 4.69) is 18.7 Å². The second-order valence-corrected chi connectivity index (χ2v) is 5.23. The van der Waals surface area contributed by atoms with Gasteiger partial charge in [0.2, 0.25) is 0 Å². The Hall–Kier alpha value is -0.290. The van der Waals surface area contributed by atoms with Crippen molar-refractivity contribution in [3.05, 3.63) is 0 Å². The SMILES string of the molecule is CC(C)N1CC2CCC2(OCC(F)(F)F)C1. The summed E-state index contributed by atoms with van der Waals surface area (Å²) in [5, 5.41) is 0. The summed E-state index contributed by atoms with van der Waals surface area (Å²) in [6.07, 6.45) is -2.43. The highest BCUT2D eigenvalue weighted by Gasteiger charge is 2.55. The largest absolute Gasteiger partial charge is 0.411 e. The number of ether oxygens (including phenoxy) is 1. The van der Waals surface area contributed by atoms with Crippen LogP contribution >= 0.6 is 0 Å². The highest BCUT2D eigenvalue weighted by Crippen LogP contribution is 2.48. The van der Waals surface area contributed by atoms with Crippen molar-refractivity contribution in [3.63, 3.8) is 0 Å². The average Bonchev–Trinajstić information content (AvgIpc) is 2.36. The number of likely N-dealkylation sites (tertiary alicyclic amines) is 1. The standard InChI is InChI=1S/C11H18F3NO/c1-8(2)15-5-9-3-4-10(9,6-15)16-7-11(12,13)14/h8-9H,3-7H2,1-2H3. The lowest BCUT2D eigenvalue weighted by Crippen LogP contribution is -2.50. The molecule has 2 fully saturated rings. The Balaban J connectivity index is 1.93. The lowest BCUT2D eigenvalue weighted by molar-refractivity contribution is -0.226. The minimum atomic E-state index is -4.21. The number of hydrogen-bond donors (Lipinski definition) is 0. The van der Waals surface area contributed by atoms with Crippen molar-refractivity contribution >= 4 is 0 Å². The molecule has 1 saturated heterocycles. The maximum Gasteiger partial charge on any atom is 0.411 e. The molecule has 2 unspecified atom stereocenters. The summed E-state index contributed by atoms with van der Waals surface area (Å²) in [4.78, 5) is 2.22. The molecule has 2 rings (SSSR count). The molecule has 0 radical (unpaired) electrons. The van der Waals surface area contributed by atoms with E-state index in [9.17, 15) is 13.2 Å². The second-order valence-electron chi connectivity index (χ2n) is 5.23. The third-order valence-electron chi connectivity index (χ3n) is 3.84. The lowest BCUT2D eigenvalue weighted by Gasteiger charge is -2.43. The summed E-state index contributed by atoms with van der Waals surface area (Å²) in [6, 6.07) is 0.386. The average molecular weight is 237 g/mol. The first-order valence-corrected chi connectivity index (χ1v) is 5.77. The van der Waals surface area contributed by atoms with E-state index >= 15 is 0 Å². The van der Waals surface area contributed by atoms with Gasteiger partial charge in [0.1, 0.15) is 6.61 Å². The fraction of sp³-hybridized carbons (Fsp3) is 1.00. The zero-order valence-corrected chi connectivity index (χ0v) is 9.68.